The maximum atomic E-state index is 12.3. The molecular formula is C13H13F3N2OS. The molecular weight excluding hydrogens is 289 g/mol. The van der Waals surface area contributed by atoms with Gasteiger partial charge in [-0.05, 0) is 12.0 Å². The number of hydrogen-bond acceptors (Lipinski definition) is 4. The maximum Gasteiger partial charge on any atom is 0.393 e. The van der Waals surface area contributed by atoms with Crippen LogP contribution in [0.2, 0.25) is 0 Å². The van der Waals surface area contributed by atoms with E-state index in [9.17, 15) is 18.0 Å². The Balaban J connectivity index is 2.28. The van der Waals surface area contributed by atoms with Gasteiger partial charge in [0, 0.05) is 22.9 Å². The van der Waals surface area contributed by atoms with Crippen LogP contribution in [-0.2, 0) is 6.42 Å². The standard InChI is InChI=1S/C13H13F3N2OS/c1-7(2)3-10(19)11-17-6-8-4-9(5-13(14,15)16)20-12(8)18-11/h4,6-7H,3,5H2,1-2H3. The molecule has 0 bridgehead atoms. The molecule has 20 heavy (non-hydrogen) atoms. The lowest BCUT2D eigenvalue weighted by atomic mass is 10.1. The summed E-state index contributed by atoms with van der Waals surface area (Å²) in [5, 5.41) is 0.537. The summed E-state index contributed by atoms with van der Waals surface area (Å²) in [6, 6.07) is 1.42. The Hall–Kier alpha value is -1.50. The predicted octanol–water partition coefficient (Wildman–Crippen LogP) is 4.02. The van der Waals surface area contributed by atoms with Crippen molar-refractivity contribution in [3.05, 3.63) is 23.0 Å². The summed E-state index contributed by atoms with van der Waals surface area (Å²) in [5.41, 5.74) is 0. The van der Waals surface area contributed by atoms with Crippen molar-refractivity contribution in [2.24, 2.45) is 5.92 Å². The molecule has 0 fully saturated rings. The third-order valence-electron chi connectivity index (χ3n) is 2.54. The van der Waals surface area contributed by atoms with Crippen LogP contribution in [0.3, 0.4) is 0 Å². The highest BCUT2D eigenvalue weighted by atomic mass is 32.1. The van der Waals surface area contributed by atoms with Crippen LogP contribution >= 0.6 is 11.3 Å². The molecule has 0 atom stereocenters. The van der Waals surface area contributed by atoms with Crippen molar-refractivity contribution >= 4 is 27.3 Å². The number of ketones is 1. The first-order valence-corrected chi connectivity index (χ1v) is 6.91. The molecule has 0 saturated carbocycles. The molecule has 0 aliphatic heterocycles. The number of alkyl halides is 3. The number of rotatable bonds is 4. The summed E-state index contributed by atoms with van der Waals surface area (Å²) in [4.78, 5) is 20.4. The Bertz CT molecular complexity index is 634. The Kier molecular flexibility index (Phi) is 4.08. The zero-order valence-corrected chi connectivity index (χ0v) is 11.8. The van der Waals surface area contributed by atoms with Crippen molar-refractivity contribution in [2.45, 2.75) is 32.9 Å². The molecule has 2 rings (SSSR count). The lowest BCUT2D eigenvalue weighted by Crippen LogP contribution is -2.09. The fourth-order valence-electron chi connectivity index (χ4n) is 1.76. The van der Waals surface area contributed by atoms with Crippen LogP contribution in [0.25, 0.3) is 10.2 Å². The molecule has 0 aromatic carbocycles. The number of aromatic nitrogens is 2. The Morgan fingerprint density at radius 3 is 2.70 bits per heavy atom. The third-order valence-corrected chi connectivity index (χ3v) is 3.59. The van der Waals surface area contributed by atoms with E-state index in [4.69, 9.17) is 0 Å². The van der Waals surface area contributed by atoms with Gasteiger partial charge in [-0.3, -0.25) is 4.79 Å². The Morgan fingerprint density at radius 1 is 1.40 bits per heavy atom. The van der Waals surface area contributed by atoms with E-state index < -0.39 is 12.6 Å². The quantitative estimate of drug-likeness (QED) is 0.801. The highest BCUT2D eigenvalue weighted by Gasteiger charge is 2.28. The highest BCUT2D eigenvalue weighted by Crippen LogP contribution is 2.29. The van der Waals surface area contributed by atoms with Gasteiger partial charge in [-0.25, -0.2) is 9.97 Å². The summed E-state index contributed by atoms with van der Waals surface area (Å²) < 4.78 is 37.0. The molecule has 0 aliphatic carbocycles. The molecule has 0 radical (unpaired) electrons. The monoisotopic (exact) mass is 302 g/mol. The van der Waals surface area contributed by atoms with Gasteiger partial charge >= 0.3 is 6.18 Å². The van der Waals surface area contributed by atoms with E-state index >= 15 is 0 Å². The van der Waals surface area contributed by atoms with Crippen LogP contribution in [0.4, 0.5) is 13.2 Å². The zero-order chi connectivity index (χ0) is 14.9. The minimum absolute atomic E-state index is 0.0756. The summed E-state index contributed by atoms with van der Waals surface area (Å²) in [5.74, 6) is 0.0743. The Morgan fingerprint density at radius 2 is 2.10 bits per heavy atom. The average Bonchev–Trinajstić information content (AvgIpc) is 2.65. The van der Waals surface area contributed by atoms with Gasteiger partial charge in [-0.15, -0.1) is 11.3 Å². The van der Waals surface area contributed by atoms with E-state index in [-0.39, 0.29) is 22.4 Å². The van der Waals surface area contributed by atoms with Crippen LogP contribution < -0.4 is 0 Å². The summed E-state index contributed by atoms with van der Waals surface area (Å²) in [6.07, 6.45) is -3.49. The first-order valence-electron chi connectivity index (χ1n) is 6.10. The Labute approximate surface area is 117 Å². The summed E-state index contributed by atoms with van der Waals surface area (Å²) in [6.45, 7) is 3.81. The molecule has 7 heteroatoms. The van der Waals surface area contributed by atoms with Gasteiger partial charge in [0.1, 0.15) is 4.83 Å². The van der Waals surface area contributed by atoms with Gasteiger partial charge in [0.15, 0.2) is 11.6 Å². The van der Waals surface area contributed by atoms with Gasteiger partial charge in [0.2, 0.25) is 0 Å². The summed E-state index contributed by atoms with van der Waals surface area (Å²) >= 11 is 0.951. The number of nitrogens with zero attached hydrogens (tertiary/aromatic N) is 2. The van der Waals surface area contributed by atoms with Crippen molar-refractivity contribution in [1.82, 2.24) is 9.97 Å². The number of thiophene rings is 1. The average molecular weight is 302 g/mol. The smallest absolute Gasteiger partial charge is 0.291 e. The van der Waals surface area contributed by atoms with Crippen LogP contribution in [0.15, 0.2) is 12.3 Å². The molecule has 108 valence electrons. The van der Waals surface area contributed by atoms with Crippen molar-refractivity contribution in [2.75, 3.05) is 0 Å². The zero-order valence-electron chi connectivity index (χ0n) is 11.0. The molecule has 0 amide bonds. The minimum atomic E-state index is -4.25. The first-order chi connectivity index (χ1) is 9.24. The van der Waals surface area contributed by atoms with Gasteiger partial charge in [0.05, 0.1) is 6.42 Å². The minimum Gasteiger partial charge on any atom is -0.291 e. The van der Waals surface area contributed by atoms with E-state index in [0.717, 1.165) is 11.3 Å². The van der Waals surface area contributed by atoms with E-state index in [2.05, 4.69) is 9.97 Å². The van der Waals surface area contributed by atoms with E-state index in [1.54, 1.807) is 0 Å². The normalized spacial score (nSPS) is 12.3. The van der Waals surface area contributed by atoms with Crippen molar-refractivity contribution in [1.29, 1.82) is 0 Å². The van der Waals surface area contributed by atoms with Gasteiger partial charge in [-0.1, -0.05) is 13.8 Å². The second kappa shape index (κ2) is 5.47. The van der Waals surface area contributed by atoms with Crippen LogP contribution in [-0.4, -0.2) is 21.9 Å². The number of carbonyl (C=O) groups is 1. The second-order valence-electron chi connectivity index (χ2n) is 4.98. The van der Waals surface area contributed by atoms with Crippen molar-refractivity contribution < 1.29 is 18.0 Å². The van der Waals surface area contributed by atoms with Gasteiger partial charge < -0.3 is 0 Å². The van der Waals surface area contributed by atoms with E-state index in [1.807, 2.05) is 13.8 Å². The molecule has 0 aliphatic rings. The van der Waals surface area contributed by atoms with Crippen LogP contribution in [0.1, 0.15) is 35.8 Å². The maximum absolute atomic E-state index is 12.3. The highest BCUT2D eigenvalue weighted by molar-refractivity contribution is 7.18. The number of carbonyl (C=O) groups excluding carboxylic acids is 1. The van der Waals surface area contributed by atoms with E-state index in [0.29, 0.717) is 16.6 Å². The third kappa shape index (κ3) is 3.75. The molecule has 0 N–H and O–H groups in total. The SMILES string of the molecule is CC(C)CC(=O)c1ncc2cc(CC(F)(F)F)sc2n1. The number of Topliss-reactive ketones (excluding diaryl/α,β-unsaturated/α-hetero) is 1. The lowest BCUT2D eigenvalue weighted by Gasteiger charge is -2.02. The van der Waals surface area contributed by atoms with Crippen LogP contribution in [0, 0.1) is 5.92 Å². The predicted molar refractivity (Wildman–Crippen MR) is 71.0 cm³/mol. The fourth-order valence-corrected chi connectivity index (χ4v) is 2.80. The van der Waals surface area contributed by atoms with Crippen molar-refractivity contribution in [3.63, 3.8) is 0 Å². The summed E-state index contributed by atoms with van der Waals surface area (Å²) in [7, 11) is 0. The van der Waals surface area contributed by atoms with Gasteiger partial charge in [0.25, 0.3) is 0 Å². The molecule has 2 aromatic heterocycles. The topological polar surface area (TPSA) is 42.9 Å². The first kappa shape index (κ1) is 14.9. The molecule has 0 spiro atoms. The number of halogens is 3. The molecule has 3 nitrogen and oxygen atoms in total. The number of fused-ring (bicyclic) bond motifs is 1. The van der Waals surface area contributed by atoms with E-state index in [1.165, 1.54) is 12.3 Å². The molecule has 2 heterocycles. The lowest BCUT2D eigenvalue weighted by molar-refractivity contribution is -0.126. The number of hydrogen-bond donors (Lipinski definition) is 0. The largest absolute Gasteiger partial charge is 0.393 e. The van der Waals surface area contributed by atoms with Gasteiger partial charge in [-0.2, -0.15) is 13.2 Å². The molecule has 0 saturated heterocycles. The molecule has 0 unspecified atom stereocenters. The second-order valence-corrected chi connectivity index (χ2v) is 6.10. The fraction of sp³-hybridized carbons (Fsp3) is 0.462. The van der Waals surface area contributed by atoms with Crippen LogP contribution in [0.5, 0.6) is 0 Å². The van der Waals surface area contributed by atoms with Crippen molar-refractivity contribution in [3.8, 4) is 0 Å². The molecule has 2 aromatic rings.